The molecule has 102 valence electrons. The van der Waals surface area contributed by atoms with Crippen molar-refractivity contribution < 1.29 is 14.3 Å². The van der Waals surface area contributed by atoms with Crippen molar-refractivity contribution in [3.8, 4) is 5.75 Å². The highest BCUT2D eigenvalue weighted by Gasteiger charge is 2.45. The van der Waals surface area contributed by atoms with E-state index in [0.29, 0.717) is 0 Å². The van der Waals surface area contributed by atoms with Gasteiger partial charge < -0.3 is 10.4 Å². The van der Waals surface area contributed by atoms with Gasteiger partial charge in [-0.15, -0.1) is 0 Å². The normalized spacial score (nSPS) is 15.7. The zero-order valence-electron chi connectivity index (χ0n) is 10.8. The van der Waals surface area contributed by atoms with Crippen LogP contribution >= 0.6 is 0 Å². The average Bonchev–Trinajstić information content (AvgIpc) is 3.23. The van der Waals surface area contributed by atoms with E-state index in [1.807, 2.05) is 30.3 Å². The predicted octanol–water partition coefficient (Wildman–Crippen LogP) is 2.95. The summed E-state index contributed by atoms with van der Waals surface area (Å²) < 4.78 is 13.0. The molecule has 4 heteroatoms. The van der Waals surface area contributed by atoms with Crippen LogP contribution in [0.2, 0.25) is 0 Å². The molecule has 0 radical (unpaired) electrons. The van der Waals surface area contributed by atoms with Crippen molar-refractivity contribution in [2.75, 3.05) is 0 Å². The molecule has 0 unspecified atom stereocenters. The largest absolute Gasteiger partial charge is 0.505 e. The van der Waals surface area contributed by atoms with Gasteiger partial charge in [-0.05, 0) is 36.6 Å². The van der Waals surface area contributed by atoms with Gasteiger partial charge in [0.25, 0.3) is 5.91 Å². The quantitative estimate of drug-likeness (QED) is 0.901. The van der Waals surface area contributed by atoms with Crippen LogP contribution in [0.5, 0.6) is 5.75 Å². The minimum absolute atomic E-state index is 0.256. The average molecular weight is 271 g/mol. The molecular weight excluding hydrogens is 257 g/mol. The number of carbonyl (C=O) groups is 1. The van der Waals surface area contributed by atoms with Gasteiger partial charge in [-0.2, -0.15) is 0 Å². The standard InChI is InChI=1S/C16H14FNO2/c17-13-7-6-11(10-14(13)19)15(20)18-16(8-9-16)12-4-2-1-3-5-12/h1-7,10,19H,8-9H2,(H,18,20). The molecule has 0 spiro atoms. The Morgan fingerprint density at radius 1 is 1.15 bits per heavy atom. The minimum atomic E-state index is -0.731. The zero-order chi connectivity index (χ0) is 14.2. The first-order valence-electron chi connectivity index (χ1n) is 6.47. The molecule has 2 N–H and O–H groups in total. The Balaban J connectivity index is 1.81. The number of benzene rings is 2. The van der Waals surface area contributed by atoms with Crippen LogP contribution in [0.1, 0.15) is 28.8 Å². The van der Waals surface area contributed by atoms with E-state index >= 15 is 0 Å². The first-order chi connectivity index (χ1) is 9.61. The molecule has 0 bridgehead atoms. The second-order valence-electron chi connectivity index (χ2n) is 5.07. The van der Waals surface area contributed by atoms with Crippen LogP contribution in [0.3, 0.4) is 0 Å². The molecule has 3 rings (SSSR count). The maximum Gasteiger partial charge on any atom is 0.252 e. The van der Waals surface area contributed by atoms with Gasteiger partial charge >= 0.3 is 0 Å². The molecule has 1 fully saturated rings. The molecule has 3 nitrogen and oxygen atoms in total. The van der Waals surface area contributed by atoms with Gasteiger partial charge in [0.2, 0.25) is 0 Å². The molecule has 0 aromatic heterocycles. The van der Waals surface area contributed by atoms with Gasteiger partial charge in [-0.25, -0.2) is 4.39 Å². The van der Waals surface area contributed by atoms with Gasteiger partial charge in [0.15, 0.2) is 11.6 Å². The van der Waals surface area contributed by atoms with E-state index in [1.54, 1.807) is 0 Å². The van der Waals surface area contributed by atoms with Crippen LogP contribution in [-0.2, 0) is 5.54 Å². The van der Waals surface area contributed by atoms with Gasteiger partial charge in [0.1, 0.15) is 0 Å². The third-order valence-electron chi connectivity index (χ3n) is 3.64. The fourth-order valence-electron chi connectivity index (χ4n) is 2.31. The topological polar surface area (TPSA) is 49.3 Å². The summed E-state index contributed by atoms with van der Waals surface area (Å²) in [5, 5.41) is 12.3. The second kappa shape index (κ2) is 4.63. The van der Waals surface area contributed by atoms with E-state index in [-0.39, 0.29) is 17.0 Å². The lowest BCUT2D eigenvalue weighted by Gasteiger charge is -2.18. The Hall–Kier alpha value is -2.36. The van der Waals surface area contributed by atoms with E-state index in [0.717, 1.165) is 30.5 Å². The summed E-state index contributed by atoms with van der Waals surface area (Å²) >= 11 is 0. The lowest BCUT2D eigenvalue weighted by molar-refractivity contribution is 0.0930. The fourth-order valence-corrected chi connectivity index (χ4v) is 2.31. The number of carbonyl (C=O) groups excluding carboxylic acids is 1. The van der Waals surface area contributed by atoms with Crippen LogP contribution in [0.25, 0.3) is 0 Å². The van der Waals surface area contributed by atoms with E-state index in [2.05, 4.69) is 5.32 Å². The number of amides is 1. The SMILES string of the molecule is O=C(NC1(c2ccccc2)CC1)c1ccc(F)c(O)c1. The first kappa shape index (κ1) is 12.7. The fraction of sp³-hybridized carbons (Fsp3) is 0.188. The van der Waals surface area contributed by atoms with Crippen LogP contribution in [0, 0.1) is 5.82 Å². The highest BCUT2D eigenvalue weighted by molar-refractivity contribution is 5.95. The van der Waals surface area contributed by atoms with Crippen LogP contribution in [0.4, 0.5) is 4.39 Å². The number of rotatable bonds is 3. The molecule has 1 aliphatic carbocycles. The number of hydrogen-bond acceptors (Lipinski definition) is 2. The number of hydrogen-bond donors (Lipinski definition) is 2. The maximum atomic E-state index is 13.0. The Labute approximate surface area is 116 Å². The number of halogens is 1. The summed E-state index contributed by atoms with van der Waals surface area (Å²) in [5.41, 5.74) is 1.01. The van der Waals surface area contributed by atoms with Crippen LogP contribution < -0.4 is 5.32 Å². The summed E-state index contributed by atoms with van der Waals surface area (Å²) in [5.74, 6) is -1.55. The zero-order valence-corrected chi connectivity index (χ0v) is 10.8. The molecule has 1 saturated carbocycles. The Morgan fingerprint density at radius 3 is 2.45 bits per heavy atom. The second-order valence-corrected chi connectivity index (χ2v) is 5.07. The van der Waals surface area contributed by atoms with Gasteiger partial charge in [0, 0.05) is 5.56 Å². The third-order valence-corrected chi connectivity index (χ3v) is 3.64. The Kier molecular flexibility index (Phi) is 2.93. The van der Waals surface area contributed by atoms with Crippen molar-refractivity contribution in [3.63, 3.8) is 0 Å². The van der Waals surface area contributed by atoms with Gasteiger partial charge in [-0.1, -0.05) is 30.3 Å². The Bertz CT molecular complexity index is 651. The summed E-state index contributed by atoms with van der Waals surface area (Å²) in [7, 11) is 0. The maximum absolute atomic E-state index is 13.0. The van der Waals surface area contributed by atoms with Crippen LogP contribution in [0.15, 0.2) is 48.5 Å². The van der Waals surface area contributed by atoms with Crippen molar-refractivity contribution >= 4 is 5.91 Å². The lowest BCUT2D eigenvalue weighted by Crippen LogP contribution is -2.34. The molecule has 2 aromatic carbocycles. The molecule has 0 aliphatic heterocycles. The highest BCUT2D eigenvalue weighted by Crippen LogP contribution is 2.45. The highest BCUT2D eigenvalue weighted by atomic mass is 19.1. The number of phenolic OH excluding ortho intramolecular Hbond substituents is 1. The van der Waals surface area contributed by atoms with Crippen molar-refractivity contribution in [3.05, 3.63) is 65.5 Å². The van der Waals surface area contributed by atoms with Crippen LogP contribution in [-0.4, -0.2) is 11.0 Å². The molecular formula is C16H14FNO2. The van der Waals surface area contributed by atoms with Crippen molar-refractivity contribution in [1.82, 2.24) is 5.32 Å². The van der Waals surface area contributed by atoms with Gasteiger partial charge in [-0.3, -0.25) is 4.79 Å². The number of aromatic hydroxyl groups is 1. The summed E-state index contributed by atoms with van der Waals surface area (Å²) in [6, 6.07) is 13.4. The number of phenols is 1. The third kappa shape index (κ3) is 2.25. The lowest BCUT2D eigenvalue weighted by atomic mass is 10.0. The first-order valence-corrected chi connectivity index (χ1v) is 6.47. The molecule has 20 heavy (non-hydrogen) atoms. The van der Waals surface area contributed by atoms with E-state index in [4.69, 9.17) is 0 Å². The van der Waals surface area contributed by atoms with E-state index in [9.17, 15) is 14.3 Å². The summed E-state index contributed by atoms with van der Waals surface area (Å²) in [6.45, 7) is 0. The van der Waals surface area contributed by atoms with Crippen molar-refractivity contribution in [1.29, 1.82) is 0 Å². The molecule has 2 aromatic rings. The molecule has 0 saturated heterocycles. The molecule has 1 aliphatic rings. The molecule has 0 heterocycles. The van der Waals surface area contributed by atoms with Crippen molar-refractivity contribution in [2.45, 2.75) is 18.4 Å². The van der Waals surface area contributed by atoms with E-state index < -0.39 is 11.6 Å². The molecule has 0 atom stereocenters. The summed E-state index contributed by atoms with van der Waals surface area (Å²) in [4.78, 5) is 12.2. The monoisotopic (exact) mass is 271 g/mol. The smallest absolute Gasteiger partial charge is 0.252 e. The van der Waals surface area contributed by atoms with Crippen molar-refractivity contribution in [2.24, 2.45) is 0 Å². The summed E-state index contributed by atoms with van der Waals surface area (Å²) in [6.07, 6.45) is 1.77. The number of nitrogens with one attached hydrogen (secondary N) is 1. The van der Waals surface area contributed by atoms with E-state index in [1.165, 1.54) is 6.07 Å². The molecule has 1 amide bonds. The van der Waals surface area contributed by atoms with Gasteiger partial charge in [0.05, 0.1) is 5.54 Å². The predicted molar refractivity (Wildman–Crippen MR) is 72.9 cm³/mol. The Morgan fingerprint density at radius 2 is 1.85 bits per heavy atom. The minimum Gasteiger partial charge on any atom is -0.505 e.